The summed E-state index contributed by atoms with van der Waals surface area (Å²) in [4.78, 5) is 77.2. The van der Waals surface area contributed by atoms with Crippen molar-refractivity contribution in [1.29, 1.82) is 0 Å². The van der Waals surface area contributed by atoms with Crippen LogP contribution in [0.25, 0.3) is 0 Å². The van der Waals surface area contributed by atoms with Crippen molar-refractivity contribution < 1.29 is 47.7 Å². The van der Waals surface area contributed by atoms with Gasteiger partial charge < -0.3 is 28.7 Å². The van der Waals surface area contributed by atoms with E-state index in [-0.39, 0.29) is 33.4 Å². The highest BCUT2D eigenvalue weighted by Crippen LogP contribution is 2.32. The Morgan fingerprint density at radius 1 is 0.509 bits per heavy atom. The summed E-state index contributed by atoms with van der Waals surface area (Å²) in [5.41, 5.74) is 2.93. The molecule has 2 fully saturated rings. The van der Waals surface area contributed by atoms with Crippen molar-refractivity contribution in [1.82, 2.24) is 0 Å². The van der Waals surface area contributed by atoms with Gasteiger partial charge in [0.05, 0.1) is 33.4 Å². The predicted octanol–water partition coefficient (Wildman–Crippen LogP) is 7.05. The van der Waals surface area contributed by atoms with Crippen LogP contribution in [0.3, 0.4) is 0 Å². The van der Waals surface area contributed by atoms with Gasteiger partial charge in [-0.3, -0.25) is 0 Å². The quantitative estimate of drug-likeness (QED) is 0.0932. The molecule has 12 heteroatoms. The van der Waals surface area contributed by atoms with Gasteiger partial charge in [0.15, 0.2) is 0 Å². The standard InChI is InChI=1S/C43H38N2O10/c46-38(28-4-14-34-36(24-28)42(50)54-40(34)48)52-32-10-6-30(7-11-32)44-20-16-26(17-21-44)2-1-3-27-18-22-45(23-19-27)31-8-12-33(13-9-31)53-39(47)29-5-15-35-37(25-29)43(51)55-41(35)49/h4-15,24-27H,1-3,16-23H2. The fraction of sp³-hybridized carbons (Fsp3) is 0.302. The third-order valence-electron chi connectivity index (χ3n) is 11.0. The van der Waals surface area contributed by atoms with Crippen molar-refractivity contribution >= 4 is 47.2 Å². The topological polar surface area (TPSA) is 146 Å². The molecule has 4 heterocycles. The van der Waals surface area contributed by atoms with Gasteiger partial charge in [0.2, 0.25) is 0 Å². The Balaban J connectivity index is 0.728. The van der Waals surface area contributed by atoms with Crippen LogP contribution in [0.15, 0.2) is 84.9 Å². The zero-order chi connectivity index (χ0) is 38.1. The van der Waals surface area contributed by atoms with Crippen LogP contribution in [-0.2, 0) is 9.47 Å². The van der Waals surface area contributed by atoms with Crippen molar-refractivity contribution in [3.8, 4) is 11.5 Å². The lowest BCUT2D eigenvalue weighted by molar-refractivity contribution is 0.0425. The summed E-state index contributed by atoms with van der Waals surface area (Å²) in [6.45, 7) is 3.93. The van der Waals surface area contributed by atoms with Gasteiger partial charge in [-0.15, -0.1) is 0 Å². The number of nitrogens with zero attached hydrogens (tertiary/aromatic N) is 2. The SMILES string of the molecule is O=C(Oc1ccc(N2CCC(CCCC3CCN(c4ccc(OC(=O)c5ccc6c(c5)C(=O)OC6=O)cc4)CC3)CC2)cc1)c1ccc2c(c1)C(=O)OC2=O. The second kappa shape index (κ2) is 15.2. The van der Waals surface area contributed by atoms with Gasteiger partial charge in [-0.2, -0.15) is 0 Å². The zero-order valence-corrected chi connectivity index (χ0v) is 30.0. The Kier molecular flexibility index (Phi) is 9.88. The first-order chi connectivity index (χ1) is 26.7. The van der Waals surface area contributed by atoms with Gasteiger partial charge in [-0.05, 0) is 122 Å². The van der Waals surface area contributed by atoms with E-state index in [9.17, 15) is 28.8 Å². The number of fused-ring (bicyclic) bond motifs is 2. The van der Waals surface area contributed by atoms with Gasteiger partial charge in [-0.25, -0.2) is 28.8 Å². The fourth-order valence-corrected chi connectivity index (χ4v) is 7.86. The van der Waals surface area contributed by atoms with E-state index >= 15 is 0 Å². The summed E-state index contributed by atoms with van der Waals surface area (Å²) in [5.74, 6) is -1.97. The van der Waals surface area contributed by atoms with E-state index in [1.54, 1.807) is 24.3 Å². The van der Waals surface area contributed by atoms with E-state index in [1.807, 2.05) is 24.3 Å². The predicted molar refractivity (Wildman–Crippen MR) is 199 cm³/mol. The number of anilines is 2. The molecule has 0 radical (unpaired) electrons. The van der Waals surface area contributed by atoms with Crippen molar-refractivity contribution in [3.05, 3.63) is 118 Å². The highest BCUT2D eigenvalue weighted by Gasteiger charge is 2.32. The minimum atomic E-state index is -0.765. The van der Waals surface area contributed by atoms with Gasteiger partial charge in [0.25, 0.3) is 0 Å². The van der Waals surface area contributed by atoms with Crippen molar-refractivity contribution in [2.24, 2.45) is 11.8 Å². The Morgan fingerprint density at radius 2 is 0.873 bits per heavy atom. The molecule has 0 N–H and O–H groups in total. The molecular formula is C43H38N2O10. The van der Waals surface area contributed by atoms with E-state index in [0.717, 1.165) is 63.2 Å². The molecule has 4 aliphatic heterocycles. The van der Waals surface area contributed by atoms with Crippen LogP contribution in [0.1, 0.15) is 107 Å². The molecule has 4 aromatic carbocycles. The number of benzene rings is 4. The molecular weight excluding hydrogens is 704 g/mol. The van der Waals surface area contributed by atoms with Crippen molar-refractivity contribution in [2.45, 2.75) is 44.9 Å². The van der Waals surface area contributed by atoms with Crippen LogP contribution >= 0.6 is 0 Å². The van der Waals surface area contributed by atoms with E-state index < -0.39 is 35.8 Å². The summed E-state index contributed by atoms with van der Waals surface area (Å²) in [5, 5.41) is 0. The summed E-state index contributed by atoms with van der Waals surface area (Å²) in [6, 6.07) is 23.3. The number of carbonyl (C=O) groups is 6. The van der Waals surface area contributed by atoms with Crippen LogP contribution in [0.4, 0.5) is 11.4 Å². The maximum Gasteiger partial charge on any atom is 0.346 e. The Hall–Kier alpha value is -6.30. The molecule has 4 aromatic rings. The normalized spacial score (nSPS) is 17.1. The second-order valence-electron chi connectivity index (χ2n) is 14.4. The van der Waals surface area contributed by atoms with Gasteiger partial charge in [0, 0.05) is 37.6 Å². The molecule has 280 valence electrons. The Labute approximate surface area is 316 Å². The van der Waals surface area contributed by atoms with Crippen molar-refractivity contribution in [2.75, 3.05) is 36.0 Å². The van der Waals surface area contributed by atoms with E-state index in [1.165, 1.54) is 55.7 Å². The molecule has 0 atom stereocenters. The Bertz CT molecular complexity index is 2020. The molecule has 12 nitrogen and oxygen atoms in total. The maximum atomic E-state index is 12.7. The van der Waals surface area contributed by atoms with Crippen LogP contribution in [0.2, 0.25) is 0 Å². The van der Waals surface area contributed by atoms with Crippen LogP contribution in [-0.4, -0.2) is 62.0 Å². The summed E-state index contributed by atoms with van der Waals surface area (Å²) in [7, 11) is 0. The number of hydrogen-bond donors (Lipinski definition) is 0. The monoisotopic (exact) mass is 742 g/mol. The lowest BCUT2D eigenvalue weighted by atomic mass is 9.86. The first-order valence-corrected chi connectivity index (χ1v) is 18.6. The third kappa shape index (κ3) is 7.71. The van der Waals surface area contributed by atoms with E-state index in [4.69, 9.17) is 9.47 Å². The average molecular weight is 743 g/mol. The maximum absolute atomic E-state index is 12.7. The molecule has 55 heavy (non-hydrogen) atoms. The largest absolute Gasteiger partial charge is 0.423 e. The number of rotatable bonds is 10. The van der Waals surface area contributed by atoms with Crippen LogP contribution in [0, 0.1) is 11.8 Å². The molecule has 4 aliphatic rings. The van der Waals surface area contributed by atoms with E-state index in [0.29, 0.717) is 23.3 Å². The summed E-state index contributed by atoms with van der Waals surface area (Å²) in [6.07, 6.45) is 8.30. The van der Waals surface area contributed by atoms with Crippen molar-refractivity contribution in [3.63, 3.8) is 0 Å². The lowest BCUT2D eigenvalue weighted by Gasteiger charge is -2.35. The molecule has 0 bridgehead atoms. The first-order valence-electron chi connectivity index (χ1n) is 18.6. The number of hydrogen-bond acceptors (Lipinski definition) is 12. The number of ether oxygens (including phenoxy) is 4. The zero-order valence-electron chi connectivity index (χ0n) is 30.0. The van der Waals surface area contributed by atoms with Gasteiger partial charge >= 0.3 is 35.8 Å². The highest BCUT2D eigenvalue weighted by atomic mass is 16.6. The minimum absolute atomic E-state index is 0.0666. The smallest absolute Gasteiger partial charge is 0.346 e. The molecule has 8 rings (SSSR count). The average Bonchev–Trinajstić information content (AvgIpc) is 3.66. The molecule has 2 saturated heterocycles. The molecule has 0 saturated carbocycles. The molecule has 0 spiro atoms. The Morgan fingerprint density at radius 3 is 1.25 bits per heavy atom. The van der Waals surface area contributed by atoms with Crippen LogP contribution < -0.4 is 19.3 Å². The third-order valence-corrected chi connectivity index (χ3v) is 11.0. The summed E-state index contributed by atoms with van der Waals surface area (Å²) < 4.78 is 20.2. The lowest BCUT2D eigenvalue weighted by Crippen LogP contribution is -2.34. The van der Waals surface area contributed by atoms with Gasteiger partial charge in [0.1, 0.15) is 11.5 Å². The number of piperidine rings is 2. The van der Waals surface area contributed by atoms with E-state index in [2.05, 4.69) is 19.3 Å². The number of cyclic esters (lactones) is 4. The number of esters is 6. The highest BCUT2D eigenvalue weighted by molar-refractivity contribution is 6.16. The first kappa shape index (κ1) is 35.7. The fourth-order valence-electron chi connectivity index (χ4n) is 7.86. The molecule has 0 aliphatic carbocycles. The summed E-state index contributed by atoms with van der Waals surface area (Å²) >= 11 is 0. The molecule has 0 aromatic heterocycles. The van der Waals surface area contributed by atoms with Gasteiger partial charge in [-0.1, -0.05) is 19.3 Å². The second-order valence-corrected chi connectivity index (χ2v) is 14.4. The van der Waals surface area contributed by atoms with Crippen LogP contribution in [0.5, 0.6) is 11.5 Å². The molecule has 0 amide bonds. The minimum Gasteiger partial charge on any atom is -0.423 e. The molecule has 0 unspecified atom stereocenters. The number of carbonyl (C=O) groups excluding carboxylic acids is 6.